The summed E-state index contributed by atoms with van der Waals surface area (Å²) < 4.78 is 0. The minimum atomic E-state index is -0.0668. The molecule has 1 aromatic heterocycles. The first-order valence-corrected chi connectivity index (χ1v) is 6.66. The van der Waals surface area contributed by atoms with E-state index < -0.39 is 0 Å². The van der Waals surface area contributed by atoms with E-state index >= 15 is 0 Å². The topological polar surface area (TPSA) is 74.0 Å². The Bertz CT molecular complexity index is 399. The number of nitrogens with one attached hydrogen (secondary N) is 3. The molecule has 0 fully saturated rings. The third-order valence-corrected chi connectivity index (χ3v) is 3.02. The Morgan fingerprint density at radius 2 is 2.35 bits per heavy atom. The Balaban J connectivity index is 2.18. The fourth-order valence-electron chi connectivity index (χ4n) is 1.54. The van der Waals surface area contributed by atoms with Crippen LogP contribution in [0.15, 0.2) is 10.2 Å². The van der Waals surface area contributed by atoms with Crippen molar-refractivity contribution >= 4 is 17.2 Å². The van der Waals surface area contributed by atoms with Crippen LogP contribution in [-0.4, -0.2) is 23.5 Å². The van der Waals surface area contributed by atoms with Crippen LogP contribution in [0.3, 0.4) is 0 Å². The fraction of sp³-hybridized carbons (Fsp3) is 0.636. The van der Waals surface area contributed by atoms with Crippen molar-refractivity contribution in [3.63, 3.8) is 0 Å². The van der Waals surface area contributed by atoms with Gasteiger partial charge in [0.25, 0.3) is 0 Å². The summed E-state index contributed by atoms with van der Waals surface area (Å²) in [6.45, 7) is 4.87. The van der Waals surface area contributed by atoms with E-state index in [0.717, 1.165) is 29.9 Å². The standard InChI is InChI=1S/C11H19N3O2S/c1-3-4-8(2)13-10(15)6-12-5-9-7-17-11(16)14-9/h7-8,12H,3-6H2,1-2H3,(H,13,15)(H,14,16). The van der Waals surface area contributed by atoms with E-state index in [1.807, 2.05) is 6.92 Å². The van der Waals surface area contributed by atoms with Crippen LogP contribution in [-0.2, 0) is 11.3 Å². The molecule has 0 saturated carbocycles. The van der Waals surface area contributed by atoms with Gasteiger partial charge in [-0.05, 0) is 13.3 Å². The molecule has 6 heteroatoms. The first kappa shape index (κ1) is 13.9. The molecule has 0 spiro atoms. The SMILES string of the molecule is CCCC(C)NC(=O)CNCc1csc(=O)[nH]1. The molecule has 0 aliphatic rings. The van der Waals surface area contributed by atoms with Crippen LogP contribution < -0.4 is 15.5 Å². The molecule has 1 amide bonds. The van der Waals surface area contributed by atoms with Gasteiger partial charge in [0.2, 0.25) is 5.91 Å². The number of amides is 1. The van der Waals surface area contributed by atoms with Crippen molar-refractivity contribution in [2.24, 2.45) is 0 Å². The summed E-state index contributed by atoms with van der Waals surface area (Å²) in [6, 6.07) is 0.218. The predicted molar refractivity (Wildman–Crippen MR) is 69.2 cm³/mol. The summed E-state index contributed by atoms with van der Waals surface area (Å²) >= 11 is 1.13. The molecule has 0 saturated heterocycles. The number of hydrogen-bond acceptors (Lipinski definition) is 4. The molecule has 0 aromatic carbocycles. The number of carbonyl (C=O) groups excluding carboxylic acids is 1. The Morgan fingerprint density at radius 1 is 1.59 bits per heavy atom. The van der Waals surface area contributed by atoms with Gasteiger partial charge in [0, 0.05) is 23.7 Å². The van der Waals surface area contributed by atoms with Gasteiger partial charge < -0.3 is 15.6 Å². The highest BCUT2D eigenvalue weighted by atomic mass is 32.1. The van der Waals surface area contributed by atoms with E-state index in [9.17, 15) is 9.59 Å². The van der Waals surface area contributed by atoms with E-state index in [4.69, 9.17) is 0 Å². The number of H-pyrrole nitrogens is 1. The van der Waals surface area contributed by atoms with Crippen LogP contribution in [0.1, 0.15) is 32.4 Å². The lowest BCUT2D eigenvalue weighted by molar-refractivity contribution is -0.120. The van der Waals surface area contributed by atoms with Gasteiger partial charge >= 0.3 is 4.87 Å². The third-order valence-electron chi connectivity index (χ3n) is 2.30. The summed E-state index contributed by atoms with van der Waals surface area (Å²) in [4.78, 5) is 25.0. The van der Waals surface area contributed by atoms with Gasteiger partial charge in [-0.15, -0.1) is 0 Å². The molecule has 1 heterocycles. The minimum absolute atomic E-state index is 0.0106. The van der Waals surface area contributed by atoms with Crippen molar-refractivity contribution in [1.82, 2.24) is 15.6 Å². The molecule has 17 heavy (non-hydrogen) atoms. The summed E-state index contributed by atoms with van der Waals surface area (Å²) in [6.07, 6.45) is 2.05. The van der Waals surface area contributed by atoms with E-state index in [1.54, 1.807) is 5.38 Å². The maximum absolute atomic E-state index is 11.5. The number of aromatic amines is 1. The highest BCUT2D eigenvalue weighted by Crippen LogP contribution is 1.95. The van der Waals surface area contributed by atoms with Crippen LogP contribution in [0.5, 0.6) is 0 Å². The highest BCUT2D eigenvalue weighted by molar-refractivity contribution is 7.07. The van der Waals surface area contributed by atoms with E-state index in [2.05, 4.69) is 22.5 Å². The molecule has 1 aromatic rings. The molecule has 1 atom stereocenters. The average molecular weight is 257 g/mol. The number of aromatic nitrogens is 1. The third kappa shape index (κ3) is 5.65. The van der Waals surface area contributed by atoms with Gasteiger partial charge in [-0.2, -0.15) is 0 Å². The zero-order valence-corrected chi connectivity index (χ0v) is 11.0. The lowest BCUT2D eigenvalue weighted by Crippen LogP contribution is -2.38. The molecule has 3 N–H and O–H groups in total. The second-order valence-corrected chi connectivity index (χ2v) is 4.88. The van der Waals surface area contributed by atoms with Crippen LogP contribution in [0, 0.1) is 0 Å². The Labute approximate surface area is 105 Å². The maximum Gasteiger partial charge on any atom is 0.304 e. The van der Waals surface area contributed by atoms with E-state index in [-0.39, 0.29) is 23.4 Å². The van der Waals surface area contributed by atoms with Gasteiger partial charge in [-0.1, -0.05) is 24.7 Å². The molecule has 0 aliphatic heterocycles. The number of thiazole rings is 1. The van der Waals surface area contributed by atoms with Crippen LogP contribution in [0.4, 0.5) is 0 Å². The van der Waals surface area contributed by atoms with Crippen molar-refractivity contribution in [3.05, 3.63) is 20.7 Å². The zero-order valence-electron chi connectivity index (χ0n) is 10.2. The molecular weight excluding hydrogens is 238 g/mol. The largest absolute Gasteiger partial charge is 0.353 e. The van der Waals surface area contributed by atoms with Crippen LogP contribution in [0.2, 0.25) is 0 Å². The minimum Gasteiger partial charge on any atom is -0.353 e. The normalized spacial score (nSPS) is 12.4. The molecule has 0 bridgehead atoms. The predicted octanol–water partition coefficient (Wildman–Crippen LogP) is 0.831. The second-order valence-electron chi connectivity index (χ2n) is 4.03. The highest BCUT2D eigenvalue weighted by Gasteiger charge is 2.05. The van der Waals surface area contributed by atoms with Crippen molar-refractivity contribution in [2.45, 2.75) is 39.3 Å². The van der Waals surface area contributed by atoms with Crippen molar-refractivity contribution in [1.29, 1.82) is 0 Å². The Morgan fingerprint density at radius 3 is 2.94 bits per heavy atom. The lowest BCUT2D eigenvalue weighted by Gasteiger charge is -2.12. The first-order valence-electron chi connectivity index (χ1n) is 5.78. The quantitative estimate of drug-likeness (QED) is 0.677. The number of rotatable bonds is 7. The smallest absolute Gasteiger partial charge is 0.304 e. The molecule has 1 unspecified atom stereocenters. The van der Waals surface area contributed by atoms with Crippen molar-refractivity contribution in [3.8, 4) is 0 Å². The van der Waals surface area contributed by atoms with Crippen molar-refractivity contribution < 1.29 is 4.79 Å². The fourth-order valence-corrected chi connectivity index (χ4v) is 2.12. The Kier molecular flexibility index (Phi) is 5.93. The summed E-state index contributed by atoms with van der Waals surface area (Å²) in [7, 11) is 0. The molecular formula is C11H19N3O2S. The van der Waals surface area contributed by atoms with Gasteiger partial charge in [0.15, 0.2) is 0 Å². The molecule has 1 rings (SSSR count). The monoisotopic (exact) mass is 257 g/mol. The van der Waals surface area contributed by atoms with E-state index in [1.165, 1.54) is 0 Å². The molecule has 96 valence electrons. The second kappa shape index (κ2) is 7.24. The molecule has 0 radical (unpaired) electrons. The van der Waals surface area contributed by atoms with Crippen molar-refractivity contribution in [2.75, 3.05) is 6.54 Å². The van der Waals surface area contributed by atoms with Crippen LogP contribution >= 0.6 is 11.3 Å². The number of carbonyl (C=O) groups is 1. The van der Waals surface area contributed by atoms with Crippen LogP contribution in [0.25, 0.3) is 0 Å². The van der Waals surface area contributed by atoms with Gasteiger partial charge in [0.1, 0.15) is 0 Å². The number of hydrogen-bond donors (Lipinski definition) is 3. The maximum atomic E-state index is 11.5. The summed E-state index contributed by atoms with van der Waals surface area (Å²) in [5.41, 5.74) is 0.814. The molecule has 0 aliphatic carbocycles. The van der Waals surface area contributed by atoms with Gasteiger partial charge in [-0.3, -0.25) is 9.59 Å². The zero-order chi connectivity index (χ0) is 12.7. The Hall–Kier alpha value is -1.14. The summed E-state index contributed by atoms with van der Waals surface area (Å²) in [5, 5.41) is 7.65. The first-order chi connectivity index (χ1) is 8.11. The van der Waals surface area contributed by atoms with Gasteiger partial charge in [0.05, 0.1) is 6.54 Å². The van der Waals surface area contributed by atoms with Gasteiger partial charge in [-0.25, -0.2) is 0 Å². The average Bonchev–Trinajstić information content (AvgIpc) is 2.64. The van der Waals surface area contributed by atoms with E-state index in [0.29, 0.717) is 6.54 Å². The lowest BCUT2D eigenvalue weighted by atomic mass is 10.2. The molecule has 5 nitrogen and oxygen atoms in total. The summed E-state index contributed by atoms with van der Waals surface area (Å²) in [5.74, 6) is -0.0106.